The van der Waals surface area contributed by atoms with E-state index in [1.807, 2.05) is 41.0 Å². The molecular formula is C29H24ClFN4OS. The molecule has 0 unspecified atom stereocenters. The zero-order chi connectivity index (χ0) is 25.5. The summed E-state index contributed by atoms with van der Waals surface area (Å²) in [6.07, 6.45) is 3.86. The Labute approximate surface area is 224 Å². The van der Waals surface area contributed by atoms with Crippen LogP contribution in [0.4, 0.5) is 10.1 Å². The number of ether oxygens (including phenoxy) is 1. The summed E-state index contributed by atoms with van der Waals surface area (Å²) in [5, 5.41) is 4.53. The average molecular weight is 531 g/mol. The summed E-state index contributed by atoms with van der Waals surface area (Å²) in [6.45, 7) is 0. The second-order valence-electron chi connectivity index (χ2n) is 9.05. The lowest BCUT2D eigenvalue weighted by Gasteiger charge is -2.14. The Hall–Kier alpha value is -3.68. The molecule has 0 saturated carbocycles. The van der Waals surface area contributed by atoms with Crippen LogP contribution in [0.2, 0.25) is 5.02 Å². The van der Waals surface area contributed by atoms with E-state index in [9.17, 15) is 4.39 Å². The third kappa shape index (κ3) is 4.28. The van der Waals surface area contributed by atoms with Crippen LogP contribution < -0.4 is 10.1 Å². The summed E-state index contributed by atoms with van der Waals surface area (Å²) in [7, 11) is 1.66. The third-order valence-electron chi connectivity index (χ3n) is 6.78. The van der Waals surface area contributed by atoms with Crippen molar-refractivity contribution in [3.8, 4) is 28.3 Å². The maximum absolute atomic E-state index is 13.7. The minimum absolute atomic E-state index is 0.265. The number of anilines is 1. The van der Waals surface area contributed by atoms with Gasteiger partial charge in [-0.3, -0.25) is 8.97 Å². The Morgan fingerprint density at radius 3 is 2.24 bits per heavy atom. The first-order valence-corrected chi connectivity index (χ1v) is 12.9. The molecule has 8 heteroatoms. The molecule has 0 spiro atoms. The Balaban J connectivity index is 1.59. The fourth-order valence-electron chi connectivity index (χ4n) is 5.04. The largest absolute Gasteiger partial charge is 0.497 e. The molecule has 0 fully saturated rings. The van der Waals surface area contributed by atoms with Crippen molar-refractivity contribution >= 4 is 40.4 Å². The zero-order valence-corrected chi connectivity index (χ0v) is 21.7. The number of thiocarbonyl (C=S) groups is 1. The summed E-state index contributed by atoms with van der Waals surface area (Å²) in [5.41, 5.74) is 6.90. The van der Waals surface area contributed by atoms with Gasteiger partial charge in [0.05, 0.1) is 29.9 Å². The number of imidazole rings is 2. The van der Waals surface area contributed by atoms with Crippen molar-refractivity contribution in [2.24, 2.45) is 0 Å². The predicted molar refractivity (Wildman–Crippen MR) is 150 cm³/mol. The second-order valence-corrected chi connectivity index (χ2v) is 9.88. The van der Waals surface area contributed by atoms with Gasteiger partial charge in [0, 0.05) is 21.8 Å². The van der Waals surface area contributed by atoms with Gasteiger partial charge in [-0.05, 0) is 111 Å². The lowest BCUT2D eigenvalue weighted by Crippen LogP contribution is -2.20. The van der Waals surface area contributed by atoms with E-state index in [-0.39, 0.29) is 5.82 Å². The molecule has 2 aromatic heterocycles. The average Bonchev–Trinajstić information content (AvgIpc) is 3.33. The van der Waals surface area contributed by atoms with Gasteiger partial charge in [0.1, 0.15) is 11.6 Å². The Morgan fingerprint density at radius 2 is 1.57 bits per heavy atom. The number of nitrogens with one attached hydrogen (secondary N) is 1. The summed E-state index contributed by atoms with van der Waals surface area (Å²) >= 11 is 12.1. The van der Waals surface area contributed by atoms with Gasteiger partial charge >= 0.3 is 0 Å². The van der Waals surface area contributed by atoms with Crippen LogP contribution in [0.15, 0.2) is 72.8 Å². The summed E-state index contributed by atoms with van der Waals surface area (Å²) in [6, 6.07) is 22.0. The first-order valence-electron chi connectivity index (χ1n) is 12.2. The molecule has 5 aromatic rings. The number of nitrogens with zero attached hydrogens (tertiary/aromatic N) is 3. The highest BCUT2D eigenvalue weighted by molar-refractivity contribution is 7.80. The predicted octanol–water partition coefficient (Wildman–Crippen LogP) is 7.39. The molecule has 0 bridgehead atoms. The topological polar surface area (TPSA) is 43.5 Å². The second kappa shape index (κ2) is 9.65. The van der Waals surface area contributed by atoms with Gasteiger partial charge in [-0.2, -0.15) is 0 Å². The molecule has 0 radical (unpaired) electrons. The van der Waals surface area contributed by atoms with E-state index in [1.165, 1.54) is 12.1 Å². The molecule has 0 saturated heterocycles. The van der Waals surface area contributed by atoms with Crippen molar-refractivity contribution in [3.05, 3.63) is 95.0 Å². The van der Waals surface area contributed by atoms with E-state index < -0.39 is 0 Å². The number of aryl methyl sites for hydroxylation is 2. The standard InChI is InChI=1S/C29H24ClFN4OS/c1-36-23-16-8-19(9-17-23)27-25-5-3-2-4-24-26(18-6-12-21(31)13-7-18)33-28(34(24)25)35(27)29(37)32-22-14-10-20(30)11-15-22/h6-17H,2-5H2,1H3,(H,32,37). The number of rotatable bonds is 4. The minimum atomic E-state index is -0.265. The van der Waals surface area contributed by atoms with Crippen molar-refractivity contribution in [2.75, 3.05) is 12.4 Å². The molecule has 1 aliphatic heterocycles. The van der Waals surface area contributed by atoms with Gasteiger partial charge in [-0.25, -0.2) is 9.37 Å². The SMILES string of the molecule is COc1ccc(-c2c3n4c(c(-c5ccc(F)cc5)nc4n2C(=S)Nc2ccc(Cl)cc2)CCCC3)cc1. The van der Waals surface area contributed by atoms with Gasteiger partial charge in [0.25, 0.3) is 0 Å². The molecule has 1 aliphatic rings. The van der Waals surface area contributed by atoms with E-state index in [4.69, 9.17) is 33.5 Å². The van der Waals surface area contributed by atoms with Gasteiger partial charge in [-0.15, -0.1) is 0 Å². The van der Waals surface area contributed by atoms with Crippen molar-refractivity contribution < 1.29 is 9.13 Å². The lowest BCUT2D eigenvalue weighted by atomic mass is 10.1. The summed E-state index contributed by atoms with van der Waals surface area (Å²) in [5.74, 6) is 1.26. The monoisotopic (exact) mass is 530 g/mol. The number of hydrogen-bond acceptors (Lipinski definition) is 3. The van der Waals surface area contributed by atoms with Gasteiger partial charge in [-0.1, -0.05) is 11.6 Å². The molecule has 3 heterocycles. The van der Waals surface area contributed by atoms with Crippen molar-refractivity contribution in [1.29, 1.82) is 0 Å². The van der Waals surface area contributed by atoms with E-state index >= 15 is 0 Å². The van der Waals surface area contributed by atoms with Crippen LogP contribution in [-0.4, -0.2) is 26.2 Å². The Bertz CT molecular complexity index is 1610. The van der Waals surface area contributed by atoms with Crippen LogP contribution in [0.25, 0.3) is 28.3 Å². The number of halogens is 2. The van der Waals surface area contributed by atoms with Crippen molar-refractivity contribution in [3.63, 3.8) is 0 Å². The molecule has 37 heavy (non-hydrogen) atoms. The molecular weight excluding hydrogens is 507 g/mol. The number of hydrogen-bond donors (Lipinski definition) is 1. The van der Waals surface area contributed by atoms with Crippen molar-refractivity contribution in [2.45, 2.75) is 25.7 Å². The van der Waals surface area contributed by atoms with Crippen LogP contribution in [-0.2, 0) is 12.8 Å². The molecule has 0 atom stereocenters. The highest BCUT2D eigenvalue weighted by Crippen LogP contribution is 2.37. The molecule has 6 rings (SSSR count). The number of aromatic nitrogens is 3. The highest BCUT2D eigenvalue weighted by Gasteiger charge is 2.28. The minimum Gasteiger partial charge on any atom is -0.497 e. The van der Waals surface area contributed by atoms with Crippen LogP contribution in [0.1, 0.15) is 24.2 Å². The van der Waals surface area contributed by atoms with Gasteiger partial charge in [0.15, 0.2) is 5.11 Å². The van der Waals surface area contributed by atoms with Gasteiger partial charge in [0.2, 0.25) is 5.78 Å². The molecule has 0 amide bonds. The normalized spacial score (nSPS) is 12.9. The number of benzene rings is 3. The van der Waals surface area contributed by atoms with E-state index in [1.54, 1.807) is 19.2 Å². The zero-order valence-electron chi connectivity index (χ0n) is 20.2. The van der Waals surface area contributed by atoms with E-state index in [0.717, 1.165) is 76.8 Å². The molecule has 3 aromatic carbocycles. The van der Waals surface area contributed by atoms with Gasteiger partial charge < -0.3 is 10.1 Å². The third-order valence-corrected chi connectivity index (χ3v) is 7.32. The fraction of sp³-hybridized carbons (Fsp3) is 0.172. The van der Waals surface area contributed by atoms with E-state index in [2.05, 4.69) is 21.9 Å². The molecule has 5 nitrogen and oxygen atoms in total. The Kier molecular flexibility index (Phi) is 6.18. The van der Waals surface area contributed by atoms with E-state index in [0.29, 0.717) is 10.1 Å². The molecule has 0 aliphatic carbocycles. The first kappa shape index (κ1) is 23.7. The Morgan fingerprint density at radius 1 is 0.919 bits per heavy atom. The quantitative estimate of drug-likeness (QED) is 0.246. The maximum Gasteiger partial charge on any atom is 0.222 e. The molecule has 1 N–H and O–H groups in total. The smallest absolute Gasteiger partial charge is 0.222 e. The van der Waals surface area contributed by atoms with Crippen LogP contribution in [0, 0.1) is 5.82 Å². The van der Waals surface area contributed by atoms with Crippen LogP contribution in [0.5, 0.6) is 5.75 Å². The molecule has 186 valence electrons. The fourth-order valence-corrected chi connectivity index (χ4v) is 5.46. The summed E-state index contributed by atoms with van der Waals surface area (Å²) < 4.78 is 23.4. The first-order chi connectivity index (χ1) is 18.0. The maximum atomic E-state index is 13.7. The number of methoxy groups -OCH3 is 1. The highest BCUT2D eigenvalue weighted by atomic mass is 35.5. The summed E-state index contributed by atoms with van der Waals surface area (Å²) in [4.78, 5) is 5.11. The van der Waals surface area contributed by atoms with Crippen LogP contribution >= 0.6 is 23.8 Å². The van der Waals surface area contributed by atoms with Crippen LogP contribution in [0.3, 0.4) is 0 Å². The van der Waals surface area contributed by atoms with Crippen molar-refractivity contribution in [1.82, 2.24) is 14.0 Å². The lowest BCUT2D eigenvalue weighted by molar-refractivity contribution is 0.415.